The number of hydrogen-bond acceptors (Lipinski definition) is 5. The van der Waals surface area contributed by atoms with E-state index in [2.05, 4.69) is 25.6 Å². The Balaban J connectivity index is 1.41. The molecule has 6 nitrogen and oxygen atoms in total. The van der Waals surface area contributed by atoms with E-state index in [0.717, 1.165) is 20.6 Å². The van der Waals surface area contributed by atoms with Gasteiger partial charge in [-0.05, 0) is 52.9 Å². The van der Waals surface area contributed by atoms with Crippen molar-refractivity contribution in [2.45, 2.75) is 31.4 Å². The molecular weight excluding hydrogens is 442 g/mol. The van der Waals surface area contributed by atoms with E-state index in [1.807, 2.05) is 43.3 Å². The number of aromatic nitrogens is 1. The molecule has 0 bridgehead atoms. The van der Waals surface area contributed by atoms with E-state index < -0.39 is 0 Å². The SMILES string of the molecule is Cc1cnc(SNC(=O)C2CCN(C(=O)OCc3ccccc3)CC2)c(Br)c1. The number of nitrogens with one attached hydrogen (secondary N) is 1. The molecule has 1 aliphatic heterocycles. The van der Waals surface area contributed by atoms with Crippen LogP contribution in [0.4, 0.5) is 4.79 Å². The molecule has 0 unspecified atom stereocenters. The van der Waals surface area contributed by atoms with Crippen LogP contribution in [0.2, 0.25) is 0 Å². The summed E-state index contributed by atoms with van der Waals surface area (Å²) in [5.41, 5.74) is 2.01. The molecular formula is C20H22BrN3O3S. The van der Waals surface area contributed by atoms with Gasteiger partial charge in [-0.25, -0.2) is 9.78 Å². The first-order valence-corrected chi connectivity index (χ1v) is 10.7. The fraction of sp³-hybridized carbons (Fsp3) is 0.350. The van der Waals surface area contributed by atoms with E-state index in [1.54, 1.807) is 11.1 Å². The van der Waals surface area contributed by atoms with Gasteiger partial charge in [0.25, 0.3) is 0 Å². The van der Waals surface area contributed by atoms with Gasteiger partial charge in [-0.3, -0.25) is 9.52 Å². The second-order valence-electron chi connectivity index (χ2n) is 6.67. The van der Waals surface area contributed by atoms with Crippen LogP contribution in [0.5, 0.6) is 0 Å². The predicted octanol–water partition coefficient (Wildman–Crippen LogP) is 4.32. The number of likely N-dealkylation sites (tertiary alicyclic amines) is 1. The summed E-state index contributed by atoms with van der Waals surface area (Å²) in [5.74, 6) is -0.147. The number of hydrogen-bond donors (Lipinski definition) is 1. The van der Waals surface area contributed by atoms with Crippen LogP contribution >= 0.6 is 27.9 Å². The number of carbonyl (C=O) groups excluding carboxylic acids is 2. The number of piperidine rings is 1. The molecule has 148 valence electrons. The average Bonchev–Trinajstić information content (AvgIpc) is 2.72. The van der Waals surface area contributed by atoms with Crippen molar-refractivity contribution >= 4 is 39.9 Å². The molecule has 2 amide bonds. The van der Waals surface area contributed by atoms with E-state index in [9.17, 15) is 9.59 Å². The predicted molar refractivity (Wildman–Crippen MR) is 112 cm³/mol. The number of amides is 2. The quantitative estimate of drug-likeness (QED) is 0.668. The molecule has 0 saturated carbocycles. The molecule has 1 N–H and O–H groups in total. The number of rotatable bonds is 5. The van der Waals surface area contributed by atoms with Gasteiger partial charge in [-0.2, -0.15) is 0 Å². The topological polar surface area (TPSA) is 71.5 Å². The van der Waals surface area contributed by atoms with Crippen LogP contribution in [0.15, 0.2) is 52.1 Å². The van der Waals surface area contributed by atoms with Crippen LogP contribution < -0.4 is 4.72 Å². The van der Waals surface area contributed by atoms with Crippen LogP contribution in [0, 0.1) is 12.8 Å². The highest BCUT2D eigenvalue weighted by molar-refractivity contribution is 9.10. The van der Waals surface area contributed by atoms with Crippen molar-refractivity contribution in [3.05, 3.63) is 58.2 Å². The highest BCUT2D eigenvalue weighted by atomic mass is 79.9. The lowest BCUT2D eigenvalue weighted by Gasteiger charge is -2.30. The molecule has 1 fully saturated rings. The maximum absolute atomic E-state index is 12.4. The van der Waals surface area contributed by atoms with Crippen molar-refractivity contribution in [2.24, 2.45) is 5.92 Å². The van der Waals surface area contributed by atoms with Crippen molar-refractivity contribution < 1.29 is 14.3 Å². The van der Waals surface area contributed by atoms with Crippen LogP contribution in [0.1, 0.15) is 24.0 Å². The van der Waals surface area contributed by atoms with Crippen LogP contribution in [-0.4, -0.2) is 35.0 Å². The van der Waals surface area contributed by atoms with Gasteiger partial charge in [-0.1, -0.05) is 30.3 Å². The molecule has 2 heterocycles. The number of pyridine rings is 1. The van der Waals surface area contributed by atoms with Gasteiger partial charge in [0, 0.05) is 37.2 Å². The summed E-state index contributed by atoms with van der Waals surface area (Å²) in [6, 6.07) is 11.5. The Bertz CT molecular complexity index is 827. The zero-order valence-corrected chi connectivity index (χ0v) is 18.0. The van der Waals surface area contributed by atoms with Gasteiger partial charge in [0.05, 0.1) is 4.47 Å². The number of carbonyl (C=O) groups is 2. The molecule has 0 radical (unpaired) electrons. The second kappa shape index (κ2) is 9.93. The third-order valence-corrected chi connectivity index (χ3v) is 6.21. The van der Waals surface area contributed by atoms with Crippen molar-refractivity contribution in [2.75, 3.05) is 13.1 Å². The van der Waals surface area contributed by atoms with Crippen molar-refractivity contribution in [3.63, 3.8) is 0 Å². The Morgan fingerprint density at radius 1 is 1.29 bits per heavy atom. The second-order valence-corrected chi connectivity index (χ2v) is 8.32. The molecule has 3 rings (SSSR count). The van der Waals surface area contributed by atoms with E-state index in [4.69, 9.17) is 4.74 Å². The van der Waals surface area contributed by atoms with Gasteiger partial charge in [0.1, 0.15) is 11.6 Å². The maximum atomic E-state index is 12.4. The number of halogens is 1. The van der Waals surface area contributed by atoms with Gasteiger partial charge in [0.15, 0.2) is 0 Å². The summed E-state index contributed by atoms with van der Waals surface area (Å²) in [6.07, 6.45) is 2.67. The molecule has 1 aliphatic rings. The molecule has 1 aromatic heterocycles. The minimum absolute atomic E-state index is 0.0309. The lowest BCUT2D eigenvalue weighted by molar-refractivity contribution is -0.124. The lowest BCUT2D eigenvalue weighted by Crippen LogP contribution is -2.42. The van der Waals surface area contributed by atoms with Crippen molar-refractivity contribution in [3.8, 4) is 0 Å². The van der Waals surface area contributed by atoms with Crippen LogP contribution in [0.3, 0.4) is 0 Å². The summed E-state index contributed by atoms with van der Waals surface area (Å²) >= 11 is 4.66. The first-order chi connectivity index (χ1) is 13.5. The third-order valence-electron chi connectivity index (χ3n) is 4.52. The van der Waals surface area contributed by atoms with Gasteiger partial charge in [-0.15, -0.1) is 0 Å². The molecule has 1 saturated heterocycles. The summed E-state index contributed by atoms with van der Waals surface area (Å²) in [4.78, 5) is 30.6. The lowest BCUT2D eigenvalue weighted by atomic mass is 9.97. The Morgan fingerprint density at radius 3 is 2.68 bits per heavy atom. The minimum atomic E-state index is -0.329. The van der Waals surface area contributed by atoms with E-state index >= 15 is 0 Å². The standard InChI is InChI=1S/C20H22BrN3O3S/c1-14-11-17(21)19(22-12-14)28-23-18(25)16-7-9-24(10-8-16)20(26)27-13-15-5-3-2-4-6-15/h2-6,11-12,16H,7-10,13H2,1H3,(H,23,25). The van der Waals surface area contributed by atoms with Crippen LogP contribution in [0.25, 0.3) is 0 Å². The third kappa shape index (κ3) is 5.72. The normalized spacial score (nSPS) is 14.6. The molecule has 2 aromatic rings. The van der Waals surface area contributed by atoms with E-state index in [-0.39, 0.29) is 24.5 Å². The molecule has 28 heavy (non-hydrogen) atoms. The Morgan fingerprint density at radius 2 is 2.00 bits per heavy atom. The number of aryl methyl sites for hydroxylation is 1. The smallest absolute Gasteiger partial charge is 0.410 e. The molecule has 8 heteroatoms. The number of benzene rings is 1. The minimum Gasteiger partial charge on any atom is -0.445 e. The monoisotopic (exact) mass is 463 g/mol. The summed E-state index contributed by atoms with van der Waals surface area (Å²) in [6.45, 7) is 3.25. The van der Waals surface area contributed by atoms with Crippen molar-refractivity contribution in [1.82, 2.24) is 14.6 Å². The van der Waals surface area contributed by atoms with Crippen LogP contribution in [-0.2, 0) is 16.1 Å². The Hall–Kier alpha value is -2.06. The van der Waals surface area contributed by atoms with Gasteiger partial charge in [0.2, 0.25) is 5.91 Å². The Labute approximate surface area is 177 Å². The Kier molecular flexibility index (Phi) is 7.33. The first kappa shape index (κ1) is 20.7. The number of ether oxygens (including phenoxy) is 1. The fourth-order valence-corrected chi connectivity index (χ4v) is 4.24. The zero-order chi connectivity index (χ0) is 19.9. The summed E-state index contributed by atoms with van der Waals surface area (Å²) in [7, 11) is 0. The fourth-order valence-electron chi connectivity index (χ4n) is 2.91. The van der Waals surface area contributed by atoms with E-state index in [1.165, 1.54) is 11.9 Å². The molecule has 0 atom stereocenters. The average molecular weight is 464 g/mol. The summed E-state index contributed by atoms with van der Waals surface area (Å²) in [5, 5.41) is 0.723. The highest BCUT2D eigenvalue weighted by Crippen LogP contribution is 2.25. The molecule has 1 aromatic carbocycles. The van der Waals surface area contributed by atoms with Gasteiger partial charge < -0.3 is 9.64 Å². The summed E-state index contributed by atoms with van der Waals surface area (Å²) < 4.78 is 9.09. The largest absolute Gasteiger partial charge is 0.445 e. The van der Waals surface area contributed by atoms with Gasteiger partial charge >= 0.3 is 6.09 Å². The maximum Gasteiger partial charge on any atom is 0.410 e. The zero-order valence-electron chi connectivity index (χ0n) is 15.6. The van der Waals surface area contributed by atoms with Crippen molar-refractivity contribution in [1.29, 1.82) is 0 Å². The molecule has 0 spiro atoms. The van der Waals surface area contributed by atoms with E-state index in [0.29, 0.717) is 25.9 Å². The molecule has 0 aliphatic carbocycles. The highest BCUT2D eigenvalue weighted by Gasteiger charge is 2.28. The number of nitrogens with zero attached hydrogens (tertiary/aromatic N) is 2. The first-order valence-electron chi connectivity index (χ1n) is 9.07.